The monoisotopic (exact) mass is 216 g/mol. The van der Waals surface area contributed by atoms with Gasteiger partial charge in [0.25, 0.3) is 0 Å². The third kappa shape index (κ3) is 2.75. The second-order valence-electron chi connectivity index (χ2n) is 4.08. The van der Waals surface area contributed by atoms with Crippen molar-refractivity contribution in [3.63, 3.8) is 0 Å². The molecule has 0 bridgehead atoms. The molecule has 1 aliphatic rings. The molecule has 0 amide bonds. The van der Waals surface area contributed by atoms with E-state index in [1.807, 2.05) is 0 Å². The van der Waals surface area contributed by atoms with Crippen molar-refractivity contribution in [2.75, 3.05) is 0 Å². The number of rotatable bonds is 2. The highest BCUT2D eigenvalue weighted by atomic mass is 16.1. The van der Waals surface area contributed by atoms with Gasteiger partial charge in [-0.15, -0.1) is 0 Å². The third-order valence-corrected chi connectivity index (χ3v) is 2.85. The van der Waals surface area contributed by atoms with Gasteiger partial charge >= 0.3 is 0 Å². The summed E-state index contributed by atoms with van der Waals surface area (Å²) >= 11 is 0. The first-order chi connectivity index (χ1) is 7.88. The maximum atomic E-state index is 12.1. The summed E-state index contributed by atoms with van der Waals surface area (Å²) in [5, 5.41) is 0. The lowest BCUT2D eigenvalue weighted by atomic mass is 9.97. The van der Waals surface area contributed by atoms with Crippen LogP contribution in [0.3, 0.4) is 0 Å². The number of allylic oxidation sites excluding steroid dienone is 2. The quantitative estimate of drug-likeness (QED) is 0.714. The molecule has 0 aliphatic heterocycles. The summed E-state index contributed by atoms with van der Waals surface area (Å²) in [7, 11) is 0. The van der Waals surface area contributed by atoms with Crippen LogP contribution in [0, 0.1) is 0 Å². The number of aromatic nitrogens is 2. The Balaban J connectivity index is 2.14. The topological polar surface area (TPSA) is 42.9 Å². The summed E-state index contributed by atoms with van der Waals surface area (Å²) in [5.41, 5.74) is 0.894. The van der Waals surface area contributed by atoms with Crippen molar-refractivity contribution >= 4 is 5.78 Å². The van der Waals surface area contributed by atoms with E-state index in [4.69, 9.17) is 0 Å². The normalized spacial score (nSPS) is 20.4. The van der Waals surface area contributed by atoms with Crippen LogP contribution in [0.1, 0.15) is 49.1 Å². The lowest BCUT2D eigenvalue weighted by Crippen LogP contribution is -2.09. The van der Waals surface area contributed by atoms with Crippen LogP contribution in [0.2, 0.25) is 0 Å². The maximum absolute atomic E-state index is 12.1. The van der Waals surface area contributed by atoms with E-state index in [1.165, 1.54) is 19.3 Å². The molecular weight excluding hydrogens is 200 g/mol. The summed E-state index contributed by atoms with van der Waals surface area (Å²) in [4.78, 5) is 20.1. The fourth-order valence-corrected chi connectivity index (χ4v) is 1.96. The van der Waals surface area contributed by atoms with Crippen LogP contribution in [-0.4, -0.2) is 15.8 Å². The van der Waals surface area contributed by atoms with Crippen LogP contribution < -0.4 is 0 Å². The van der Waals surface area contributed by atoms with Crippen molar-refractivity contribution in [1.29, 1.82) is 0 Å². The fraction of sp³-hybridized carbons (Fsp3) is 0.462. The zero-order valence-electron chi connectivity index (χ0n) is 9.35. The molecule has 0 aromatic carbocycles. The second kappa shape index (κ2) is 5.54. The number of hydrogen-bond acceptors (Lipinski definition) is 3. The van der Waals surface area contributed by atoms with Gasteiger partial charge in [0.05, 0.1) is 0 Å². The molecule has 0 saturated heterocycles. The first kappa shape index (κ1) is 11.0. The lowest BCUT2D eigenvalue weighted by Gasteiger charge is -2.09. The minimum atomic E-state index is 0.00231. The van der Waals surface area contributed by atoms with Crippen LogP contribution in [-0.2, 0) is 0 Å². The van der Waals surface area contributed by atoms with Crippen LogP contribution in [0.15, 0.2) is 30.1 Å². The third-order valence-electron chi connectivity index (χ3n) is 2.85. The van der Waals surface area contributed by atoms with Gasteiger partial charge in [-0.2, -0.15) is 0 Å². The highest BCUT2D eigenvalue weighted by Gasteiger charge is 2.14. The number of Topliss-reactive ketones (excluding diaryl/α,β-unsaturated/α-hetero) is 1. The van der Waals surface area contributed by atoms with Crippen molar-refractivity contribution in [3.05, 3.63) is 35.9 Å². The van der Waals surface area contributed by atoms with E-state index in [0.717, 1.165) is 24.8 Å². The van der Waals surface area contributed by atoms with Gasteiger partial charge in [-0.05, 0) is 37.3 Å². The maximum Gasteiger partial charge on any atom is 0.225 e. The summed E-state index contributed by atoms with van der Waals surface area (Å²) in [5.74, 6) is 0.330. The lowest BCUT2D eigenvalue weighted by molar-refractivity contribution is 0.102. The summed E-state index contributed by atoms with van der Waals surface area (Å²) in [6.07, 6.45) is 12.0. The van der Waals surface area contributed by atoms with Gasteiger partial charge < -0.3 is 0 Å². The van der Waals surface area contributed by atoms with E-state index < -0.39 is 0 Å². The summed E-state index contributed by atoms with van der Waals surface area (Å²) in [6.45, 7) is 0. The highest BCUT2D eigenvalue weighted by Crippen LogP contribution is 2.19. The van der Waals surface area contributed by atoms with E-state index in [9.17, 15) is 4.79 Å². The highest BCUT2D eigenvalue weighted by molar-refractivity contribution is 6.05. The molecule has 1 aromatic heterocycles. The Morgan fingerprint density at radius 3 is 2.62 bits per heavy atom. The molecule has 0 radical (unpaired) electrons. The van der Waals surface area contributed by atoms with Crippen LogP contribution in [0.5, 0.6) is 0 Å². The minimum absolute atomic E-state index is 0.00231. The molecule has 3 heteroatoms. The van der Waals surface area contributed by atoms with Crippen molar-refractivity contribution in [2.24, 2.45) is 0 Å². The largest absolute Gasteiger partial charge is 0.285 e. The molecule has 0 N–H and O–H groups in total. The molecule has 3 nitrogen and oxygen atoms in total. The van der Waals surface area contributed by atoms with Gasteiger partial charge in [0.1, 0.15) is 0 Å². The van der Waals surface area contributed by atoms with Gasteiger partial charge in [-0.1, -0.05) is 18.9 Å². The SMILES string of the molecule is O=C(/C1=C/CCCCCC1)c1ncccn1. The average molecular weight is 216 g/mol. The smallest absolute Gasteiger partial charge is 0.225 e. The first-order valence-electron chi connectivity index (χ1n) is 5.88. The van der Waals surface area contributed by atoms with Crippen molar-refractivity contribution in [2.45, 2.75) is 38.5 Å². The molecule has 0 spiro atoms. The second-order valence-corrected chi connectivity index (χ2v) is 4.08. The zero-order valence-corrected chi connectivity index (χ0v) is 9.35. The predicted molar refractivity (Wildman–Crippen MR) is 62.1 cm³/mol. The summed E-state index contributed by atoms with van der Waals surface area (Å²) in [6, 6.07) is 1.73. The van der Waals surface area contributed by atoms with Crippen LogP contribution >= 0.6 is 0 Å². The van der Waals surface area contributed by atoms with E-state index >= 15 is 0 Å². The van der Waals surface area contributed by atoms with Crippen molar-refractivity contribution in [1.82, 2.24) is 9.97 Å². The minimum Gasteiger partial charge on any atom is -0.285 e. The van der Waals surface area contributed by atoms with Gasteiger partial charge in [0.15, 0.2) is 0 Å². The van der Waals surface area contributed by atoms with Gasteiger partial charge in [0.2, 0.25) is 11.6 Å². The van der Waals surface area contributed by atoms with E-state index in [2.05, 4.69) is 16.0 Å². The number of carbonyl (C=O) groups excluding carboxylic acids is 1. The molecule has 2 rings (SSSR count). The first-order valence-corrected chi connectivity index (χ1v) is 5.88. The zero-order chi connectivity index (χ0) is 11.2. The van der Waals surface area contributed by atoms with Gasteiger partial charge in [-0.3, -0.25) is 4.79 Å². The Bertz CT molecular complexity index is 384. The van der Waals surface area contributed by atoms with Gasteiger partial charge in [-0.25, -0.2) is 9.97 Å². The number of hydrogen-bond donors (Lipinski definition) is 0. The average Bonchev–Trinajstić information content (AvgIpc) is 2.29. The molecule has 16 heavy (non-hydrogen) atoms. The fourth-order valence-electron chi connectivity index (χ4n) is 1.96. The molecular formula is C13H16N2O. The number of carbonyl (C=O) groups is 1. The van der Waals surface area contributed by atoms with Crippen molar-refractivity contribution in [3.8, 4) is 0 Å². The number of ketones is 1. The molecule has 1 aromatic rings. The standard InChI is InChI=1S/C13H16N2O/c16-12(13-14-9-6-10-15-13)11-7-4-2-1-3-5-8-11/h6-7,9-10H,1-5,8H2/b11-7+. The molecule has 0 saturated carbocycles. The van der Waals surface area contributed by atoms with Crippen molar-refractivity contribution < 1.29 is 4.79 Å². The Labute approximate surface area is 95.6 Å². The predicted octanol–water partition coefficient (Wildman–Crippen LogP) is 2.94. The molecule has 1 aliphatic carbocycles. The molecule has 0 atom stereocenters. The van der Waals surface area contributed by atoms with Gasteiger partial charge in [0, 0.05) is 12.4 Å². The van der Waals surface area contributed by atoms with Crippen LogP contribution in [0.4, 0.5) is 0 Å². The molecule has 0 unspecified atom stereocenters. The molecule has 84 valence electrons. The van der Waals surface area contributed by atoms with E-state index in [-0.39, 0.29) is 5.78 Å². The Kier molecular flexibility index (Phi) is 3.81. The molecule has 0 fully saturated rings. The van der Waals surface area contributed by atoms with Crippen LogP contribution in [0.25, 0.3) is 0 Å². The van der Waals surface area contributed by atoms with E-state index in [1.54, 1.807) is 18.5 Å². The Morgan fingerprint density at radius 2 is 1.81 bits per heavy atom. The van der Waals surface area contributed by atoms with E-state index in [0.29, 0.717) is 5.82 Å². The Hall–Kier alpha value is -1.51. The Morgan fingerprint density at radius 1 is 1.06 bits per heavy atom. The summed E-state index contributed by atoms with van der Waals surface area (Å²) < 4.78 is 0. The molecule has 1 heterocycles. The number of nitrogens with zero attached hydrogens (tertiary/aromatic N) is 2.